The van der Waals surface area contributed by atoms with Crippen LogP contribution in [0.25, 0.3) is 10.2 Å². The lowest BCUT2D eigenvalue weighted by Crippen LogP contribution is -2.30. The molecule has 6 nitrogen and oxygen atoms in total. The summed E-state index contributed by atoms with van der Waals surface area (Å²) in [5.41, 5.74) is 1.85. The van der Waals surface area contributed by atoms with Crippen molar-refractivity contribution < 1.29 is 9.53 Å². The molecule has 1 aliphatic heterocycles. The Kier molecular flexibility index (Phi) is 6.29. The van der Waals surface area contributed by atoms with Gasteiger partial charge < -0.3 is 9.64 Å². The summed E-state index contributed by atoms with van der Waals surface area (Å²) in [5, 5.41) is 0.600. The van der Waals surface area contributed by atoms with Crippen molar-refractivity contribution in [2.24, 2.45) is 0 Å². The Bertz CT molecular complexity index is 1100. The first kappa shape index (κ1) is 20.8. The highest BCUT2D eigenvalue weighted by Crippen LogP contribution is 2.29. The Morgan fingerprint density at radius 3 is 2.83 bits per heavy atom. The highest BCUT2D eigenvalue weighted by molar-refractivity contribution is 7.20. The fourth-order valence-electron chi connectivity index (χ4n) is 3.85. The fraction of sp³-hybridized carbons (Fsp3) is 0.435. The van der Waals surface area contributed by atoms with Gasteiger partial charge in [-0.15, -0.1) is 11.3 Å². The van der Waals surface area contributed by atoms with Gasteiger partial charge in [-0.05, 0) is 30.9 Å². The summed E-state index contributed by atoms with van der Waals surface area (Å²) in [6.45, 7) is 4.04. The van der Waals surface area contributed by atoms with E-state index in [2.05, 4.69) is 0 Å². The molecule has 0 spiro atoms. The highest BCUT2D eigenvalue weighted by atomic mass is 32.1. The second-order valence-corrected chi connectivity index (χ2v) is 8.80. The average molecular weight is 426 g/mol. The van der Waals surface area contributed by atoms with Crippen LogP contribution in [0.5, 0.6) is 0 Å². The molecule has 3 heterocycles. The number of rotatable bonds is 6. The third kappa shape index (κ3) is 4.18. The Balaban J connectivity index is 1.48. The van der Waals surface area contributed by atoms with Crippen molar-refractivity contribution in [2.45, 2.75) is 45.8 Å². The van der Waals surface area contributed by atoms with Crippen LogP contribution in [0.3, 0.4) is 0 Å². The standard InChI is InChI=1S/C23H27N3O3S/c1-16-19-21(24-18-11-7-4-8-12-26(18)22(19)27)30-20(16)23(28)25(2)13-14-29-15-17-9-5-3-6-10-17/h3,5-6,9-10H,4,7-8,11-15H2,1-2H3. The molecule has 2 aromatic heterocycles. The summed E-state index contributed by atoms with van der Waals surface area (Å²) < 4.78 is 7.52. The molecule has 0 N–H and O–H groups in total. The van der Waals surface area contributed by atoms with Gasteiger partial charge in [0.25, 0.3) is 11.5 Å². The quantitative estimate of drug-likeness (QED) is 0.564. The maximum atomic E-state index is 13.1. The molecule has 4 rings (SSSR count). The van der Waals surface area contributed by atoms with Crippen molar-refractivity contribution >= 4 is 27.5 Å². The SMILES string of the molecule is Cc1c(C(=O)N(C)CCOCc2ccccc2)sc2nc3n(c(=O)c12)CCCCC3. The van der Waals surface area contributed by atoms with Gasteiger partial charge in [-0.2, -0.15) is 0 Å². The topological polar surface area (TPSA) is 64.4 Å². The van der Waals surface area contributed by atoms with Gasteiger partial charge in [0, 0.05) is 26.6 Å². The van der Waals surface area contributed by atoms with Gasteiger partial charge in [-0.3, -0.25) is 14.2 Å². The molecule has 30 heavy (non-hydrogen) atoms. The van der Waals surface area contributed by atoms with Crippen molar-refractivity contribution in [3.63, 3.8) is 0 Å². The molecule has 3 aromatic rings. The molecule has 0 bridgehead atoms. The number of thiophene rings is 1. The van der Waals surface area contributed by atoms with Gasteiger partial charge in [0.2, 0.25) is 0 Å². The number of carbonyl (C=O) groups excluding carboxylic acids is 1. The molecule has 0 aliphatic carbocycles. The van der Waals surface area contributed by atoms with E-state index in [-0.39, 0.29) is 11.5 Å². The van der Waals surface area contributed by atoms with E-state index in [0.717, 1.165) is 42.6 Å². The predicted molar refractivity (Wildman–Crippen MR) is 119 cm³/mol. The molecule has 1 amide bonds. The van der Waals surface area contributed by atoms with Crippen LogP contribution in [0.15, 0.2) is 35.1 Å². The van der Waals surface area contributed by atoms with Crippen LogP contribution in [0.4, 0.5) is 0 Å². The molecule has 0 unspecified atom stereocenters. The number of benzene rings is 1. The summed E-state index contributed by atoms with van der Waals surface area (Å²) in [5.74, 6) is 0.770. The second kappa shape index (κ2) is 9.10. The van der Waals surface area contributed by atoms with Crippen molar-refractivity contribution in [3.05, 3.63) is 62.5 Å². The normalized spacial score (nSPS) is 13.8. The monoisotopic (exact) mass is 425 g/mol. The number of likely N-dealkylation sites (N-methyl/N-ethyl adjacent to an activating group) is 1. The van der Waals surface area contributed by atoms with E-state index in [1.165, 1.54) is 11.3 Å². The van der Waals surface area contributed by atoms with Crippen LogP contribution >= 0.6 is 11.3 Å². The lowest BCUT2D eigenvalue weighted by atomic mass is 10.2. The van der Waals surface area contributed by atoms with E-state index in [1.807, 2.05) is 41.8 Å². The fourth-order valence-corrected chi connectivity index (χ4v) is 5.04. The molecular formula is C23H27N3O3S. The third-order valence-electron chi connectivity index (χ3n) is 5.64. The van der Waals surface area contributed by atoms with Crippen molar-refractivity contribution in [2.75, 3.05) is 20.2 Å². The average Bonchev–Trinajstić information content (AvgIpc) is 2.92. The second-order valence-electron chi connectivity index (χ2n) is 7.80. The smallest absolute Gasteiger partial charge is 0.264 e. The Labute approximate surface area is 180 Å². The third-order valence-corrected chi connectivity index (χ3v) is 6.81. The summed E-state index contributed by atoms with van der Waals surface area (Å²) >= 11 is 1.33. The van der Waals surface area contributed by atoms with Gasteiger partial charge >= 0.3 is 0 Å². The first-order valence-electron chi connectivity index (χ1n) is 10.5. The Morgan fingerprint density at radius 2 is 2.03 bits per heavy atom. The molecule has 0 saturated heterocycles. The Morgan fingerprint density at radius 1 is 1.23 bits per heavy atom. The minimum atomic E-state index is -0.0848. The molecule has 1 aromatic carbocycles. The van der Waals surface area contributed by atoms with E-state index in [9.17, 15) is 9.59 Å². The molecular weight excluding hydrogens is 398 g/mol. The molecule has 0 atom stereocenters. The van der Waals surface area contributed by atoms with Gasteiger partial charge in [-0.25, -0.2) is 4.98 Å². The van der Waals surface area contributed by atoms with E-state index in [1.54, 1.807) is 11.9 Å². The number of nitrogens with zero attached hydrogens (tertiary/aromatic N) is 3. The van der Waals surface area contributed by atoms with E-state index in [0.29, 0.717) is 41.4 Å². The minimum absolute atomic E-state index is 0.00134. The van der Waals surface area contributed by atoms with Crippen LogP contribution < -0.4 is 5.56 Å². The number of hydrogen-bond donors (Lipinski definition) is 0. The first-order chi connectivity index (χ1) is 14.6. The van der Waals surface area contributed by atoms with Crippen LogP contribution in [-0.2, 0) is 24.3 Å². The summed E-state index contributed by atoms with van der Waals surface area (Å²) in [6, 6.07) is 9.97. The summed E-state index contributed by atoms with van der Waals surface area (Å²) in [6.07, 6.45) is 4.00. The zero-order valence-electron chi connectivity index (χ0n) is 17.5. The van der Waals surface area contributed by atoms with Crippen LogP contribution in [0.2, 0.25) is 0 Å². The molecule has 0 saturated carbocycles. The molecule has 158 valence electrons. The maximum Gasteiger partial charge on any atom is 0.264 e. The van der Waals surface area contributed by atoms with Gasteiger partial charge in [0.15, 0.2) is 0 Å². The minimum Gasteiger partial charge on any atom is -0.375 e. The van der Waals surface area contributed by atoms with E-state index in [4.69, 9.17) is 9.72 Å². The van der Waals surface area contributed by atoms with Crippen LogP contribution in [0.1, 0.15) is 45.9 Å². The number of hydrogen-bond acceptors (Lipinski definition) is 5. The molecule has 1 aliphatic rings. The van der Waals surface area contributed by atoms with Gasteiger partial charge in [0.05, 0.1) is 23.5 Å². The lowest BCUT2D eigenvalue weighted by molar-refractivity contribution is 0.0674. The van der Waals surface area contributed by atoms with Gasteiger partial charge in [0.1, 0.15) is 10.7 Å². The number of ether oxygens (including phenoxy) is 1. The van der Waals surface area contributed by atoms with Crippen molar-refractivity contribution in [1.29, 1.82) is 0 Å². The number of aromatic nitrogens is 2. The first-order valence-corrected chi connectivity index (χ1v) is 11.3. The number of fused-ring (bicyclic) bond motifs is 2. The zero-order valence-corrected chi connectivity index (χ0v) is 18.3. The van der Waals surface area contributed by atoms with Gasteiger partial charge in [-0.1, -0.05) is 36.8 Å². The van der Waals surface area contributed by atoms with E-state index >= 15 is 0 Å². The maximum absolute atomic E-state index is 13.1. The zero-order chi connectivity index (χ0) is 21.1. The lowest BCUT2D eigenvalue weighted by Gasteiger charge is -2.16. The van der Waals surface area contributed by atoms with Crippen LogP contribution in [-0.4, -0.2) is 40.6 Å². The molecule has 0 radical (unpaired) electrons. The van der Waals surface area contributed by atoms with E-state index < -0.39 is 0 Å². The summed E-state index contributed by atoms with van der Waals surface area (Å²) in [7, 11) is 1.77. The highest BCUT2D eigenvalue weighted by Gasteiger charge is 2.23. The number of carbonyl (C=O) groups is 1. The number of aryl methyl sites for hydroxylation is 2. The summed E-state index contributed by atoms with van der Waals surface area (Å²) in [4.78, 5) is 33.8. The van der Waals surface area contributed by atoms with Crippen molar-refractivity contribution in [3.8, 4) is 0 Å². The van der Waals surface area contributed by atoms with Crippen molar-refractivity contribution in [1.82, 2.24) is 14.5 Å². The largest absolute Gasteiger partial charge is 0.375 e. The molecule has 7 heteroatoms. The molecule has 0 fully saturated rings. The van der Waals surface area contributed by atoms with Crippen LogP contribution in [0, 0.1) is 6.92 Å². The Hall–Kier alpha value is -2.51. The predicted octanol–water partition coefficient (Wildman–Crippen LogP) is 3.78. The number of amides is 1.